The molecule has 2 aromatic heterocycles. The number of hydrogen-bond donors (Lipinski definition) is 1. The number of hydrogen-bond acceptors (Lipinski definition) is 4. The maximum absolute atomic E-state index is 13.9. The highest BCUT2D eigenvalue weighted by atomic mass is 16.3. The summed E-state index contributed by atoms with van der Waals surface area (Å²) < 4.78 is 5.56. The van der Waals surface area contributed by atoms with Crippen LogP contribution in [0.25, 0.3) is 22.6 Å². The first kappa shape index (κ1) is 22.8. The minimum Gasteiger partial charge on any atom is -0.465 e. The molecule has 4 rings (SSSR count). The summed E-state index contributed by atoms with van der Waals surface area (Å²) in [6, 6.07) is 11.6. The van der Waals surface area contributed by atoms with Gasteiger partial charge in [-0.1, -0.05) is 25.1 Å². The van der Waals surface area contributed by atoms with Crippen LogP contribution in [0.1, 0.15) is 61.5 Å². The number of para-hydroxylation sites is 1. The number of likely N-dealkylation sites (N-methyl/N-ethyl adjacent to an activating group) is 1. The highest BCUT2D eigenvalue weighted by Crippen LogP contribution is 2.39. The van der Waals surface area contributed by atoms with Gasteiger partial charge in [-0.15, -0.1) is 0 Å². The molecule has 1 unspecified atom stereocenters. The van der Waals surface area contributed by atoms with Crippen LogP contribution >= 0.6 is 0 Å². The number of amides is 2. The van der Waals surface area contributed by atoms with E-state index in [1.807, 2.05) is 63.2 Å². The molecule has 0 radical (unpaired) electrons. The largest absolute Gasteiger partial charge is 0.465 e. The summed E-state index contributed by atoms with van der Waals surface area (Å²) >= 11 is 0. The standard InChI is InChI=1S/C27H31N3O3/c1-5-30(16-24(31)28-17(2)3)27(32)25-21-10-6-7-11-23(21)29-26-19(13-18(4)14-22(25)26)15-20-9-8-12-33-20/h6-12,15,17-18H,5,13-14,16H2,1-4H3,(H,28,31)/b19-15-. The van der Waals surface area contributed by atoms with Crippen LogP contribution in [-0.2, 0) is 11.2 Å². The van der Waals surface area contributed by atoms with Crippen molar-refractivity contribution in [1.29, 1.82) is 0 Å². The number of rotatable bonds is 6. The van der Waals surface area contributed by atoms with Crippen molar-refractivity contribution >= 4 is 34.4 Å². The number of fused-ring (bicyclic) bond motifs is 2. The normalized spacial score (nSPS) is 16.8. The fourth-order valence-electron chi connectivity index (χ4n) is 4.55. The van der Waals surface area contributed by atoms with Gasteiger partial charge >= 0.3 is 0 Å². The number of furan rings is 1. The fraction of sp³-hybridized carbons (Fsp3) is 0.370. The number of nitrogens with one attached hydrogen (secondary N) is 1. The summed E-state index contributed by atoms with van der Waals surface area (Å²) in [5.41, 5.74) is 4.32. The number of benzene rings is 1. The molecule has 1 aliphatic carbocycles. The van der Waals surface area contributed by atoms with Crippen molar-refractivity contribution in [1.82, 2.24) is 15.2 Å². The molecule has 1 atom stereocenters. The average Bonchev–Trinajstić information content (AvgIpc) is 3.28. The molecule has 0 saturated heterocycles. The maximum Gasteiger partial charge on any atom is 0.255 e. The van der Waals surface area contributed by atoms with Crippen molar-refractivity contribution in [2.75, 3.05) is 13.1 Å². The second-order valence-electron chi connectivity index (χ2n) is 9.07. The molecular formula is C27H31N3O3. The van der Waals surface area contributed by atoms with Crippen molar-refractivity contribution in [3.63, 3.8) is 0 Å². The molecule has 0 aliphatic heterocycles. The van der Waals surface area contributed by atoms with Gasteiger partial charge in [0.2, 0.25) is 5.91 Å². The van der Waals surface area contributed by atoms with Gasteiger partial charge in [0.1, 0.15) is 5.76 Å². The van der Waals surface area contributed by atoms with Gasteiger partial charge in [0, 0.05) is 18.0 Å². The van der Waals surface area contributed by atoms with E-state index in [9.17, 15) is 9.59 Å². The quantitative estimate of drug-likeness (QED) is 0.583. The van der Waals surface area contributed by atoms with Gasteiger partial charge in [0.25, 0.3) is 5.91 Å². The molecule has 172 valence electrons. The maximum atomic E-state index is 13.9. The first-order chi connectivity index (χ1) is 15.9. The van der Waals surface area contributed by atoms with E-state index in [1.165, 1.54) is 0 Å². The average molecular weight is 446 g/mol. The predicted molar refractivity (Wildman–Crippen MR) is 131 cm³/mol. The van der Waals surface area contributed by atoms with Crippen LogP contribution < -0.4 is 5.32 Å². The minimum atomic E-state index is -0.154. The lowest BCUT2D eigenvalue weighted by Crippen LogP contribution is -2.43. The first-order valence-corrected chi connectivity index (χ1v) is 11.6. The smallest absolute Gasteiger partial charge is 0.255 e. The molecule has 0 spiro atoms. The van der Waals surface area contributed by atoms with Crippen LogP contribution in [0.5, 0.6) is 0 Å². The van der Waals surface area contributed by atoms with E-state index in [-0.39, 0.29) is 24.4 Å². The number of nitrogens with zero attached hydrogens (tertiary/aromatic N) is 2. The molecule has 2 amide bonds. The summed E-state index contributed by atoms with van der Waals surface area (Å²) in [7, 11) is 0. The third-order valence-electron chi connectivity index (χ3n) is 5.94. The van der Waals surface area contributed by atoms with Crippen molar-refractivity contribution in [3.05, 3.63) is 65.2 Å². The monoisotopic (exact) mass is 445 g/mol. The number of aromatic nitrogens is 1. The molecule has 33 heavy (non-hydrogen) atoms. The van der Waals surface area contributed by atoms with Gasteiger partial charge in [-0.2, -0.15) is 0 Å². The molecule has 2 heterocycles. The molecule has 0 bridgehead atoms. The van der Waals surface area contributed by atoms with Gasteiger partial charge < -0.3 is 14.6 Å². The molecule has 0 saturated carbocycles. The van der Waals surface area contributed by atoms with Crippen molar-refractivity contribution in [2.24, 2.45) is 5.92 Å². The van der Waals surface area contributed by atoms with Crippen molar-refractivity contribution < 1.29 is 14.0 Å². The Morgan fingerprint density at radius 2 is 2.00 bits per heavy atom. The highest BCUT2D eigenvalue weighted by molar-refractivity contribution is 6.09. The van der Waals surface area contributed by atoms with Crippen LogP contribution in [0, 0.1) is 5.92 Å². The Labute approximate surface area is 194 Å². The summed E-state index contributed by atoms with van der Waals surface area (Å²) in [4.78, 5) is 33.0. The van der Waals surface area contributed by atoms with Crippen LogP contribution in [-0.4, -0.2) is 40.8 Å². The second kappa shape index (κ2) is 9.61. The molecular weight excluding hydrogens is 414 g/mol. The zero-order chi connectivity index (χ0) is 23.5. The molecule has 1 N–H and O–H groups in total. The van der Waals surface area contributed by atoms with E-state index in [4.69, 9.17) is 9.40 Å². The first-order valence-electron chi connectivity index (χ1n) is 11.6. The zero-order valence-electron chi connectivity index (χ0n) is 19.7. The van der Waals surface area contributed by atoms with E-state index in [0.29, 0.717) is 18.0 Å². The number of pyridine rings is 1. The SMILES string of the molecule is CCN(CC(=O)NC(C)C)C(=O)c1c2c(nc3ccccc13)/C(=C\c1ccco1)CC(C)C2. The minimum absolute atomic E-state index is 0.0240. The Bertz CT molecular complexity index is 1190. The molecule has 6 nitrogen and oxygen atoms in total. The number of allylic oxidation sites excluding steroid dienone is 1. The second-order valence-corrected chi connectivity index (χ2v) is 9.07. The predicted octanol–water partition coefficient (Wildman–Crippen LogP) is 4.94. The Hall–Kier alpha value is -3.41. The highest BCUT2D eigenvalue weighted by Gasteiger charge is 2.30. The van der Waals surface area contributed by atoms with E-state index < -0.39 is 0 Å². The van der Waals surface area contributed by atoms with Crippen molar-refractivity contribution in [3.8, 4) is 0 Å². The molecule has 6 heteroatoms. The topological polar surface area (TPSA) is 75.4 Å². The fourth-order valence-corrected chi connectivity index (χ4v) is 4.55. The van der Waals surface area contributed by atoms with Crippen LogP contribution in [0.4, 0.5) is 0 Å². The van der Waals surface area contributed by atoms with E-state index in [2.05, 4.69) is 12.2 Å². The third-order valence-corrected chi connectivity index (χ3v) is 5.94. The molecule has 3 aromatic rings. The van der Waals surface area contributed by atoms with Crippen LogP contribution in [0.15, 0.2) is 47.1 Å². The third kappa shape index (κ3) is 4.85. The van der Waals surface area contributed by atoms with Gasteiger partial charge in [-0.3, -0.25) is 9.59 Å². The van der Waals surface area contributed by atoms with E-state index in [1.54, 1.807) is 11.2 Å². The zero-order valence-corrected chi connectivity index (χ0v) is 19.7. The van der Waals surface area contributed by atoms with Crippen LogP contribution in [0.2, 0.25) is 0 Å². The van der Waals surface area contributed by atoms with Gasteiger partial charge in [0.15, 0.2) is 0 Å². The Kier molecular flexibility index (Phi) is 6.63. The molecule has 1 aliphatic rings. The van der Waals surface area contributed by atoms with Gasteiger partial charge in [0.05, 0.1) is 29.6 Å². The molecule has 1 aromatic carbocycles. The summed E-state index contributed by atoms with van der Waals surface area (Å²) in [6.07, 6.45) is 5.31. The number of carbonyl (C=O) groups excluding carboxylic acids is 2. The van der Waals surface area contributed by atoms with Gasteiger partial charge in [-0.05, 0) is 74.9 Å². The Morgan fingerprint density at radius 1 is 1.21 bits per heavy atom. The van der Waals surface area contributed by atoms with E-state index >= 15 is 0 Å². The Morgan fingerprint density at radius 3 is 2.70 bits per heavy atom. The van der Waals surface area contributed by atoms with Crippen molar-refractivity contribution in [2.45, 2.75) is 46.6 Å². The lowest BCUT2D eigenvalue weighted by atomic mass is 9.80. The summed E-state index contributed by atoms with van der Waals surface area (Å²) in [6.45, 7) is 8.40. The lowest BCUT2D eigenvalue weighted by Gasteiger charge is -2.29. The van der Waals surface area contributed by atoms with Gasteiger partial charge in [-0.25, -0.2) is 4.98 Å². The lowest BCUT2D eigenvalue weighted by molar-refractivity contribution is -0.122. The molecule has 0 fully saturated rings. The van der Waals surface area contributed by atoms with E-state index in [0.717, 1.165) is 46.3 Å². The Balaban J connectivity index is 1.85. The van der Waals surface area contributed by atoms with Crippen LogP contribution in [0.3, 0.4) is 0 Å². The number of carbonyl (C=O) groups is 2. The summed E-state index contributed by atoms with van der Waals surface area (Å²) in [5.74, 6) is 0.845. The summed E-state index contributed by atoms with van der Waals surface area (Å²) in [5, 5.41) is 3.72.